The fraction of sp³-hybridized carbons (Fsp3) is 0.375. The molecule has 1 unspecified atom stereocenters. The number of amidine groups is 1. The first-order valence-electron chi connectivity index (χ1n) is 10.6. The fourth-order valence-corrected chi connectivity index (χ4v) is 4.00. The number of nitrogens with zero attached hydrogens (tertiary/aromatic N) is 4. The molecular formula is C24H29N5O. The number of piperazine rings is 1. The SMILES string of the molecule is CCC1=Nc2ccccc2N=C(NC(=O)CN2CCN(C)CC2)C1c1ccccc1. The number of fused-ring (bicyclic) bond motifs is 1. The highest BCUT2D eigenvalue weighted by atomic mass is 16.2. The lowest BCUT2D eigenvalue weighted by molar-refractivity contribution is -0.121. The van der Waals surface area contributed by atoms with Gasteiger partial charge in [-0.1, -0.05) is 49.4 Å². The maximum absolute atomic E-state index is 13.0. The molecule has 1 amide bonds. The summed E-state index contributed by atoms with van der Waals surface area (Å²) in [6, 6.07) is 18.0. The van der Waals surface area contributed by atoms with E-state index in [1.165, 1.54) is 0 Å². The number of likely N-dealkylation sites (N-methyl/N-ethyl adjacent to an activating group) is 1. The molecule has 1 atom stereocenters. The number of rotatable bonds is 4. The molecule has 2 aliphatic rings. The van der Waals surface area contributed by atoms with Crippen molar-refractivity contribution in [1.82, 2.24) is 15.1 Å². The van der Waals surface area contributed by atoms with E-state index in [9.17, 15) is 4.79 Å². The molecule has 4 rings (SSSR count). The highest BCUT2D eigenvalue weighted by Gasteiger charge is 2.28. The Hall–Kier alpha value is -2.83. The maximum Gasteiger partial charge on any atom is 0.239 e. The van der Waals surface area contributed by atoms with Gasteiger partial charge < -0.3 is 10.2 Å². The van der Waals surface area contributed by atoms with Crippen molar-refractivity contribution < 1.29 is 4.79 Å². The zero-order valence-corrected chi connectivity index (χ0v) is 17.7. The first-order valence-corrected chi connectivity index (χ1v) is 10.6. The molecule has 0 aromatic heterocycles. The number of hydrogen-bond acceptors (Lipinski definition) is 5. The van der Waals surface area contributed by atoms with E-state index >= 15 is 0 Å². The van der Waals surface area contributed by atoms with Gasteiger partial charge in [0, 0.05) is 31.9 Å². The molecule has 30 heavy (non-hydrogen) atoms. The highest BCUT2D eigenvalue weighted by Crippen LogP contribution is 2.34. The van der Waals surface area contributed by atoms with Gasteiger partial charge in [0.15, 0.2) is 0 Å². The van der Waals surface area contributed by atoms with Crippen LogP contribution in [0.15, 0.2) is 64.6 Å². The Balaban J connectivity index is 1.64. The lowest BCUT2D eigenvalue weighted by Crippen LogP contribution is -2.49. The van der Waals surface area contributed by atoms with Crippen LogP contribution in [0.1, 0.15) is 24.8 Å². The zero-order chi connectivity index (χ0) is 20.9. The molecule has 2 aliphatic heterocycles. The molecule has 6 nitrogen and oxygen atoms in total. The van der Waals surface area contributed by atoms with Crippen LogP contribution in [0.5, 0.6) is 0 Å². The summed E-state index contributed by atoms with van der Waals surface area (Å²) in [5.74, 6) is 0.472. The fourth-order valence-electron chi connectivity index (χ4n) is 4.00. The van der Waals surface area contributed by atoms with Crippen molar-refractivity contribution >= 4 is 28.8 Å². The minimum Gasteiger partial charge on any atom is -0.312 e. The van der Waals surface area contributed by atoms with Crippen molar-refractivity contribution in [2.75, 3.05) is 39.8 Å². The Morgan fingerprint density at radius 1 is 0.967 bits per heavy atom. The van der Waals surface area contributed by atoms with Crippen LogP contribution in [0.4, 0.5) is 11.4 Å². The molecule has 0 saturated carbocycles. The van der Waals surface area contributed by atoms with Crippen LogP contribution in [0.25, 0.3) is 0 Å². The average molecular weight is 404 g/mol. The second-order valence-corrected chi connectivity index (χ2v) is 7.91. The van der Waals surface area contributed by atoms with E-state index in [1.54, 1.807) is 0 Å². The molecule has 0 radical (unpaired) electrons. The number of hydrogen-bond donors (Lipinski definition) is 1. The van der Waals surface area contributed by atoms with Gasteiger partial charge in [0.1, 0.15) is 5.84 Å². The predicted molar refractivity (Wildman–Crippen MR) is 122 cm³/mol. The van der Waals surface area contributed by atoms with E-state index in [2.05, 4.69) is 41.2 Å². The number of benzene rings is 2. The quantitative estimate of drug-likeness (QED) is 0.852. The van der Waals surface area contributed by atoms with Crippen molar-refractivity contribution in [2.24, 2.45) is 9.98 Å². The third kappa shape index (κ3) is 4.66. The summed E-state index contributed by atoms with van der Waals surface area (Å²) >= 11 is 0. The Kier molecular flexibility index (Phi) is 6.35. The summed E-state index contributed by atoms with van der Waals surface area (Å²) in [6.07, 6.45) is 0.779. The molecule has 0 spiro atoms. The van der Waals surface area contributed by atoms with Crippen LogP contribution >= 0.6 is 0 Å². The van der Waals surface area contributed by atoms with E-state index in [4.69, 9.17) is 9.98 Å². The smallest absolute Gasteiger partial charge is 0.239 e. The van der Waals surface area contributed by atoms with E-state index in [1.807, 2.05) is 42.5 Å². The summed E-state index contributed by atoms with van der Waals surface area (Å²) < 4.78 is 0. The average Bonchev–Trinajstić information content (AvgIpc) is 2.92. The van der Waals surface area contributed by atoms with Gasteiger partial charge in [-0.15, -0.1) is 0 Å². The van der Waals surface area contributed by atoms with Crippen molar-refractivity contribution in [3.05, 3.63) is 60.2 Å². The van der Waals surface area contributed by atoms with Gasteiger partial charge in [-0.05, 0) is 31.2 Å². The lowest BCUT2D eigenvalue weighted by Gasteiger charge is -2.32. The van der Waals surface area contributed by atoms with Crippen molar-refractivity contribution in [3.8, 4) is 0 Å². The Morgan fingerprint density at radius 2 is 1.60 bits per heavy atom. The van der Waals surface area contributed by atoms with Crippen molar-refractivity contribution in [1.29, 1.82) is 0 Å². The molecule has 2 aromatic rings. The summed E-state index contributed by atoms with van der Waals surface area (Å²) in [6.45, 7) is 6.27. The minimum absolute atomic E-state index is 0.0194. The normalized spacial score (nSPS) is 20.0. The largest absolute Gasteiger partial charge is 0.312 e. The second-order valence-electron chi connectivity index (χ2n) is 7.91. The van der Waals surface area contributed by atoms with Gasteiger partial charge in [0.2, 0.25) is 5.91 Å². The summed E-state index contributed by atoms with van der Waals surface area (Å²) in [5, 5.41) is 3.15. The van der Waals surface area contributed by atoms with Crippen LogP contribution in [0.3, 0.4) is 0 Å². The summed E-state index contributed by atoms with van der Waals surface area (Å²) in [4.78, 5) is 27.3. The molecule has 156 valence electrons. The van der Waals surface area contributed by atoms with Crippen LogP contribution in [0.2, 0.25) is 0 Å². The number of carbonyl (C=O) groups excluding carboxylic acids is 1. The number of nitrogens with one attached hydrogen (secondary N) is 1. The lowest BCUT2D eigenvalue weighted by atomic mass is 9.91. The predicted octanol–water partition coefficient (Wildman–Crippen LogP) is 3.36. The van der Waals surface area contributed by atoms with Crippen LogP contribution in [-0.2, 0) is 4.79 Å². The van der Waals surface area contributed by atoms with Crippen LogP contribution in [-0.4, -0.2) is 67.0 Å². The van der Waals surface area contributed by atoms with E-state index in [0.29, 0.717) is 12.4 Å². The van der Waals surface area contributed by atoms with Gasteiger partial charge in [0.25, 0.3) is 0 Å². The minimum atomic E-state index is -0.167. The third-order valence-corrected chi connectivity index (χ3v) is 5.72. The van der Waals surface area contributed by atoms with Gasteiger partial charge in [-0.2, -0.15) is 0 Å². The molecule has 6 heteroatoms. The third-order valence-electron chi connectivity index (χ3n) is 5.72. The monoisotopic (exact) mass is 403 g/mol. The molecule has 1 fully saturated rings. The van der Waals surface area contributed by atoms with Gasteiger partial charge in [-0.25, -0.2) is 4.99 Å². The van der Waals surface area contributed by atoms with Crippen LogP contribution in [0, 0.1) is 0 Å². The van der Waals surface area contributed by atoms with Crippen LogP contribution < -0.4 is 5.32 Å². The van der Waals surface area contributed by atoms with Gasteiger partial charge in [0.05, 0.1) is 23.8 Å². The zero-order valence-electron chi connectivity index (χ0n) is 17.7. The Bertz CT molecular complexity index is 945. The topological polar surface area (TPSA) is 60.3 Å². The second kappa shape index (κ2) is 9.32. The number of para-hydroxylation sites is 2. The first kappa shape index (κ1) is 20.4. The molecule has 1 saturated heterocycles. The Morgan fingerprint density at radius 3 is 2.27 bits per heavy atom. The first-order chi connectivity index (χ1) is 14.6. The maximum atomic E-state index is 13.0. The van der Waals surface area contributed by atoms with E-state index in [0.717, 1.165) is 55.2 Å². The number of amides is 1. The standard InChI is InChI=1S/C24H29N5O/c1-3-19-23(18-9-5-4-6-10-18)24(26-21-12-8-7-11-20(21)25-19)27-22(30)17-29-15-13-28(2)14-16-29/h4-12,23H,3,13-17H2,1-2H3,(H,26,27,30). The van der Waals surface area contributed by atoms with E-state index in [-0.39, 0.29) is 11.8 Å². The van der Waals surface area contributed by atoms with Gasteiger partial charge >= 0.3 is 0 Å². The number of carbonyl (C=O) groups is 1. The molecule has 1 N–H and O–H groups in total. The van der Waals surface area contributed by atoms with Crippen molar-refractivity contribution in [3.63, 3.8) is 0 Å². The summed E-state index contributed by atoms with van der Waals surface area (Å²) in [7, 11) is 2.12. The molecular weight excluding hydrogens is 374 g/mol. The Labute approximate surface area is 178 Å². The van der Waals surface area contributed by atoms with Crippen molar-refractivity contribution in [2.45, 2.75) is 19.3 Å². The highest BCUT2D eigenvalue weighted by molar-refractivity contribution is 6.17. The van der Waals surface area contributed by atoms with Gasteiger partial charge in [-0.3, -0.25) is 14.7 Å². The number of aliphatic imine (C=N–C) groups is 2. The molecule has 0 bridgehead atoms. The molecule has 2 aromatic carbocycles. The molecule has 2 heterocycles. The summed E-state index contributed by atoms with van der Waals surface area (Å²) in [5.41, 5.74) is 3.73. The van der Waals surface area contributed by atoms with E-state index < -0.39 is 0 Å². The molecule has 0 aliphatic carbocycles.